The van der Waals surface area contributed by atoms with E-state index in [1.54, 1.807) is 21.3 Å². The van der Waals surface area contributed by atoms with Crippen LogP contribution < -0.4 is 41.2 Å². The van der Waals surface area contributed by atoms with Crippen molar-refractivity contribution in [3.63, 3.8) is 0 Å². The van der Waals surface area contributed by atoms with E-state index in [0.717, 1.165) is 120 Å². The van der Waals surface area contributed by atoms with Gasteiger partial charge in [-0.15, -0.1) is 0 Å². The van der Waals surface area contributed by atoms with Gasteiger partial charge < -0.3 is 48.4 Å². The van der Waals surface area contributed by atoms with Crippen molar-refractivity contribution in [3.05, 3.63) is 520 Å². The summed E-state index contributed by atoms with van der Waals surface area (Å²) in [6, 6.07) is 152. The maximum atomic E-state index is 9.08. The molecular weight excluding hydrogens is 1630 g/mol. The lowest BCUT2D eigenvalue weighted by Crippen LogP contribution is -2.73. The van der Waals surface area contributed by atoms with Crippen LogP contribution in [0.5, 0.6) is 17.2 Å². The second kappa shape index (κ2) is 44.5. The van der Waals surface area contributed by atoms with Crippen LogP contribution in [0.1, 0.15) is 116 Å². The second-order valence-corrected chi connectivity index (χ2v) is 34.2. The van der Waals surface area contributed by atoms with E-state index in [1.165, 1.54) is 0 Å². The molecule has 10 atom stereocenters. The number of hydrogen-bond acceptors (Lipinski definition) is 14. The minimum atomic E-state index is -1.30. The highest BCUT2D eigenvalue weighted by Crippen LogP contribution is 2.48. The average molecular weight is 1750 g/mol. The molecule has 0 unspecified atom stereocenters. The van der Waals surface area contributed by atoms with Crippen LogP contribution >= 0.6 is 0 Å². The first kappa shape index (κ1) is 91.2. The van der Waals surface area contributed by atoms with Gasteiger partial charge in [0.25, 0.3) is 0 Å². The predicted octanol–water partition coefficient (Wildman–Crippen LogP) is 21.6. The molecule has 15 aromatic rings. The normalized spacial score (nSPS) is 18.8. The molecule has 2 fully saturated rings. The van der Waals surface area contributed by atoms with E-state index in [-0.39, 0.29) is 26.4 Å². The third-order valence-electron chi connectivity index (χ3n) is 26.3. The van der Waals surface area contributed by atoms with E-state index >= 15 is 0 Å². The van der Waals surface area contributed by atoms with Crippen LogP contribution in [0, 0.1) is 0 Å². The minimum absolute atomic E-state index is 0.122. The first-order valence-corrected chi connectivity index (χ1v) is 46.3. The van der Waals surface area contributed by atoms with Crippen molar-refractivity contribution in [2.45, 2.75) is 135 Å². The van der Waals surface area contributed by atoms with Crippen molar-refractivity contribution >= 4 is 0 Å². The fourth-order valence-corrected chi connectivity index (χ4v) is 19.9. The molecule has 15 aromatic carbocycles. The SMILES string of the molecule is COc1ccc(CO[C@@H]2[C@@H](NC(c3ccccc3)(c3ccccc3)c3ccccc3)[C@@H](O[C@H]3[C@H](OCCCCCCN)[C@@H](OCc4ccc(OC)cc4)[C@H](NC(c4ccccc4)(c4ccccc4)c4ccccc4)C[C@@H]3NC(c3ccccc3)(c3ccccc3)c3ccccc3)O[C@H](CNC(c3ccccc3)(c3ccccc3)c3ccccc3)[C@H]2OCc2ccc(OC)cc2)cc1. The molecule has 17 rings (SSSR count). The molecule has 0 radical (unpaired) electrons. The van der Waals surface area contributed by atoms with Gasteiger partial charge in [-0.05, 0) is 146 Å². The van der Waals surface area contributed by atoms with Gasteiger partial charge in [-0.3, -0.25) is 21.3 Å². The molecule has 14 heteroatoms. The zero-order valence-corrected chi connectivity index (χ0v) is 75.4. The van der Waals surface area contributed by atoms with Crippen LogP contribution in [0.2, 0.25) is 0 Å². The van der Waals surface area contributed by atoms with E-state index in [1.807, 2.05) is 36.4 Å². The molecule has 14 nitrogen and oxygen atoms in total. The largest absolute Gasteiger partial charge is 0.497 e. The van der Waals surface area contributed by atoms with Crippen molar-refractivity contribution in [1.29, 1.82) is 0 Å². The summed E-state index contributed by atoms with van der Waals surface area (Å²) in [5.41, 5.74) is 16.8. The van der Waals surface area contributed by atoms with Gasteiger partial charge in [0.05, 0.1) is 69.3 Å². The summed E-state index contributed by atoms with van der Waals surface area (Å²) in [5.74, 6) is 2.17. The average Bonchev–Trinajstić information content (AvgIpc) is 0.728. The van der Waals surface area contributed by atoms with Crippen LogP contribution in [0.15, 0.2) is 437 Å². The Morgan fingerprint density at radius 2 is 0.538 bits per heavy atom. The molecule has 1 aliphatic carbocycles. The van der Waals surface area contributed by atoms with Crippen LogP contribution in [-0.4, -0.2) is 102 Å². The molecule has 0 bridgehead atoms. The standard InChI is InChI=1S/C118H119N5O9/c1-124-102-74-68-87(69-75-102)84-128-109-105(121-116(93-50-24-9-25-51-93,94-52-26-10-27-53-94)95-54-28-11-29-55-95)82-106(122-117(96-56-30-12-31-57-96,97-58-32-13-33-59-97)98-60-34-14-35-61-98)110(113(109)127-81-43-5-4-42-80-119)132-114-108(123-118(99-62-36-15-37-63-99,100-64-38-16-39-65-100)101-66-40-17-41-67-101)112(130-86-89-72-78-104(126-3)79-73-89)111(129-85-88-70-76-103(125-2)77-71-88)107(131-114)83-120-115(90-44-18-6-19-45-90,91-46-20-7-21-47-91)92-48-22-8-23-49-92/h6-41,44-79,105-114,120-123H,4-5,42-43,80-86,119H2,1-3H3/t105-,106+,107-,108-,109+,110-,111-,112-,113-,114-/m1/s1. The molecule has 1 aliphatic heterocycles. The topological polar surface area (TPSA) is 157 Å². The van der Waals surface area contributed by atoms with Crippen molar-refractivity contribution < 1.29 is 42.6 Å². The third kappa shape index (κ3) is 20.3. The molecule has 670 valence electrons. The number of nitrogens with one attached hydrogen (secondary N) is 4. The second-order valence-electron chi connectivity index (χ2n) is 34.2. The molecular formula is C118H119N5O9. The molecule has 132 heavy (non-hydrogen) atoms. The molecule has 1 saturated heterocycles. The van der Waals surface area contributed by atoms with Gasteiger partial charge in [0.2, 0.25) is 0 Å². The van der Waals surface area contributed by atoms with E-state index in [2.05, 4.69) is 416 Å². The maximum Gasteiger partial charge on any atom is 0.176 e. The summed E-state index contributed by atoms with van der Waals surface area (Å²) >= 11 is 0. The summed E-state index contributed by atoms with van der Waals surface area (Å²) < 4.78 is 67.8. The highest BCUT2D eigenvalue weighted by Gasteiger charge is 2.58. The van der Waals surface area contributed by atoms with Gasteiger partial charge in [0.1, 0.15) is 53.9 Å². The molecule has 1 heterocycles. The van der Waals surface area contributed by atoms with E-state index in [4.69, 9.17) is 53.7 Å². The Bertz CT molecular complexity index is 5520. The molecule has 0 amide bonds. The number of benzene rings is 15. The number of nitrogens with two attached hydrogens (primary N) is 1. The van der Waals surface area contributed by atoms with E-state index in [9.17, 15) is 0 Å². The predicted molar refractivity (Wildman–Crippen MR) is 526 cm³/mol. The lowest BCUT2D eigenvalue weighted by atomic mass is 9.72. The van der Waals surface area contributed by atoms with Crippen LogP contribution in [0.25, 0.3) is 0 Å². The fourth-order valence-electron chi connectivity index (χ4n) is 19.9. The van der Waals surface area contributed by atoms with Crippen molar-refractivity contribution in [3.8, 4) is 17.2 Å². The minimum Gasteiger partial charge on any atom is -0.497 e. The van der Waals surface area contributed by atoms with Crippen LogP contribution in [0.4, 0.5) is 0 Å². The lowest BCUT2D eigenvalue weighted by Gasteiger charge is -2.55. The van der Waals surface area contributed by atoms with Gasteiger partial charge >= 0.3 is 0 Å². The smallest absolute Gasteiger partial charge is 0.176 e. The summed E-state index contributed by atoms with van der Waals surface area (Å²) in [5, 5.41) is 18.4. The number of ether oxygens (including phenoxy) is 9. The van der Waals surface area contributed by atoms with Crippen LogP contribution in [-0.2, 0) is 70.4 Å². The number of unbranched alkanes of at least 4 members (excludes halogenated alkanes) is 3. The Balaban J connectivity index is 0.956. The first-order chi connectivity index (χ1) is 65.2. The first-order valence-electron chi connectivity index (χ1n) is 46.3. The van der Waals surface area contributed by atoms with Crippen molar-refractivity contribution in [1.82, 2.24) is 21.3 Å². The monoisotopic (exact) mass is 1750 g/mol. The molecule has 0 spiro atoms. The zero-order chi connectivity index (χ0) is 90.0. The quantitative estimate of drug-likeness (QED) is 0.0182. The Labute approximate surface area is 778 Å². The Morgan fingerprint density at radius 1 is 0.273 bits per heavy atom. The summed E-state index contributed by atoms with van der Waals surface area (Å²) in [6.07, 6.45) is -3.19. The third-order valence-corrected chi connectivity index (χ3v) is 26.3. The number of methoxy groups -OCH3 is 3. The van der Waals surface area contributed by atoms with E-state index < -0.39 is 83.2 Å². The highest BCUT2D eigenvalue weighted by molar-refractivity contribution is 5.55. The van der Waals surface area contributed by atoms with Gasteiger partial charge in [-0.1, -0.05) is 413 Å². The Kier molecular flexibility index (Phi) is 30.7. The van der Waals surface area contributed by atoms with Crippen molar-refractivity contribution in [2.24, 2.45) is 5.73 Å². The van der Waals surface area contributed by atoms with Crippen LogP contribution in [0.3, 0.4) is 0 Å². The Hall–Kier alpha value is -12.7. The summed E-state index contributed by atoms with van der Waals surface area (Å²) in [6.45, 7) is 1.51. The van der Waals surface area contributed by atoms with Gasteiger partial charge in [0.15, 0.2) is 6.29 Å². The van der Waals surface area contributed by atoms with Gasteiger partial charge in [0, 0.05) is 25.2 Å². The molecule has 1 saturated carbocycles. The number of hydrogen-bond donors (Lipinski definition) is 5. The van der Waals surface area contributed by atoms with E-state index in [0.29, 0.717) is 26.0 Å². The Morgan fingerprint density at radius 3 is 0.833 bits per heavy atom. The lowest BCUT2D eigenvalue weighted by molar-refractivity contribution is -0.313. The molecule has 2 aliphatic rings. The van der Waals surface area contributed by atoms with Crippen molar-refractivity contribution in [2.75, 3.05) is 41.0 Å². The van der Waals surface area contributed by atoms with Gasteiger partial charge in [-0.2, -0.15) is 0 Å². The highest BCUT2D eigenvalue weighted by atomic mass is 16.7. The molecule has 0 aromatic heterocycles. The van der Waals surface area contributed by atoms with Gasteiger partial charge in [-0.25, -0.2) is 0 Å². The summed E-state index contributed by atoms with van der Waals surface area (Å²) in [7, 11) is 5.08. The number of rotatable bonds is 42. The fraction of sp³-hybridized carbons (Fsp3) is 0.237. The summed E-state index contributed by atoms with van der Waals surface area (Å²) in [4.78, 5) is 0. The zero-order valence-electron chi connectivity index (χ0n) is 75.4. The maximum absolute atomic E-state index is 9.08. The molecule has 6 N–H and O–H groups in total.